The number of hydrazone groups is 1. The molecule has 0 heterocycles. The number of benzene rings is 1. The van der Waals surface area contributed by atoms with Gasteiger partial charge >= 0.3 is 0 Å². The fraction of sp³-hybridized carbons (Fsp3) is 0.429. The SMILES string of the molecule is CCCCCC(=O)NN=C(C)c1ccccc1Cl. The van der Waals surface area contributed by atoms with Crippen LogP contribution < -0.4 is 5.43 Å². The summed E-state index contributed by atoms with van der Waals surface area (Å²) in [5.74, 6) is -0.0464. The van der Waals surface area contributed by atoms with Gasteiger partial charge in [-0.25, -0.2) is 5.43 Å². The Balaban J connectivity index is 2.52. The minimum Gasteiger partial charge on any atom is -0.273 e. The van der Waals surface area contributed by atoms with Crippen molar-refractivity contribution in [2.75, 3.05) is 0 Å². The average molecular weight is 267 g/mol. The zero-order valence-electron chi connectivity index (χ0n) is 10.9. The lowest BCUT2D eigenvalue weighted by Crippen LogP contribution is -2.18. The summed E-state index contributed by atoms with van der Waals surface area (Å²) in [4.78, 5) is 11.5. The largest absolute Gasteiger partial charge is 0.273 e. The number of unbranched alkanes of at least 4 members (excludes halogenated alkanes) is 2. The lowest BCUT2D eigenvalue weighted by atomic mass is 10.1. The van der Waals surface area contributed by atoms with E-state index in [0.717, 1.165) is 24.8 Å². The Morgan fingerprint density at radius 3 is 2.72 bits per heavy atom. The van der Waals surface area contributed by atoms with Crippen molar-refractivity contribution in [1.82, 2.24) is 5.43 Å². The van der Waals surface area contributed by atoms with Gasteiger partial charge in [-0.1, -0.05) is 49.6 Å². The number of nitrogens with zero attached hydrogens (tertiary/aromatic N) is 1. The monoisotopic (exact) mass is 266 g/mol. The topological polar surface area (TPSA) is 41.5 Å². The second-order valence-corrected chi connectivity index (χ2v) is 4.58. The van der Waals surface area contributed by atoms with Crippen molar-refractivity contribution in [3.63, 3.8) is 0 Å². The summed E-state index contributed by atoms with van der Waals surface area (Å²) in [5.41, 5.74) is 4.11. The molecule has 0 bridgehead atoms. The number of nitrogens with one attached hydrogen (secondary N) is 1. The van der Waals surface area contributed by atoms with Crippen molar-refractivity contribution in [3.8, 4) is 0 Å². The standard InChI is InChI=1S/C14H19ClN2O/c1-3-4-5-10-14(18)17-16-11(2)12-8-6-7-9-13(12)15/h6-9H,3-5,10H2,1-2H3,(H,17,18). The highest BCUT2D eigenvalue weighted by molar-refractivity contribution is 6.34. The van der Waals surface area contributed by atoms with Crippen LogP contribution in [0.3, 0.4) is 0 Å². The normalized spacial score (nSPS) is 11.4. The Kier molecular flexibility index (Phi) is 6.44. The molecule has 1 aromatic carbocycles. The molecule has 1 N–H and O–H groups in total. The van der Waals surface area contributed by atoms with E-state index >= 15 is 0 Å². The maximum Gasteiger partial charge on any atom is 0.240 e. The first kappa shape index (κ1) is 14.7. The number of hydrogen-bond acceptors (Lipinski definition) is 2. The van der Waals surface area contributed by atoms with Gasteiger partial charge in [0.1, 0.15) is 0 Å². The molecule has 3 nitrogen and oxygen atoms in total. The molecule has 0 aliphatic carbocycles. The number of carbonyl (C=O) groups is 1. The maximum atomic E-state index is 11.5. The van der Waals surface area contributed by atoms with Crippen LogP contribution in [-0.4, -0.2) is 11.6 Å². The van der Waals surface area contributed by atoms with Crippen molar-refractivity contribution in [3.05, 3.63) is 34.9 Å². The van der Waals surface area contributed by atoms with E-state index in [2.05, 4.69) is 17.5 Å². The summed E-state index contributed by atoms with van der Waals surface area (Å²) >= 11 is 6.04. The number of amides is 1. The molecule has 0 aliphatic rings. The molecule has 4 heteroatoms. The summed E-state index contributed by atoms with van der Waals surface area (Å²) in [6.07, 6.45) is 3.60. The minimum absolute atomic E-state index is 0.0464. The van der Waals surface area contributed by atoms with Gasteiger partial charge in [0.15, 0.2) is 0 Å². The molecule has 0 atom stereocenters. The summed E-state index contributed by atoms with van der Waals surface area (Å²) in [7, 11) is 0. The summed E-state index contributed by atoms with van der Waals surface area (Å²) in [6, 6.07) is 7.44. The van der Waals surface area contributed by atoms with Gasteiger partial charge in [0, 0.05) is 17.0 Å². The van der Waals surface area contributed by atoms with Gasteiger partial charge in [-0.2, -0.15) is 5.10 Å². The van der Waals surface area contributed by atoms with E-state index in [1.807, 2.05) is 25.1 Å². The molecule has 1 amide bonds. The van der Waals surface area contributed by atoms with Crippen molar-refractivity contribution >= 4 is 23.2 Å². The fourth-order valence-electron chi connectivity index (χ4n) is 1.55. The van der Waals surface area contributed by atoms with E-state index < -0.39 is 0 Å². The van der Waals surface area contributed by atoms with Crippen LogP contribution in [0.5, 0.6) is 0 Å². The Morgan fingerprint density at radius 2 is 2.06 bits per heavy atom. The molecule has 98 valence electrons. The highest BCUT2D eigenvalue weighted by atomic mass is 35.5. The summed E-state index contributed by atoms with van der Waals surface area (Å²) < 4.78 is 0. The molecule has 0 saturated carbocycles. The van der Waals surface area contributed by atoms with Crippen molar-refractivity contribution < 1.29 is 4.79 Å². The first-order valence-electron chi connectivity index (χ1n) is 6.23. The van der Waals surface area contributed by atoms with Crippen molar-refractivity contribution in [1.29, 1.82) is 0 Å². The molecular weight excluding hydrogens is 248 g/mol. The van der Waals surface area contributed by atoms with Gasteiger partial charge in [-0.3, -0.25) is 4.79 Å². The molecule has 1 rings (SSSR count). The first-order valence-corrected chi connectivity index (χ1v) is 6.61. The number of halogens is 1. The number of rotatable bonds is 6. The maximum absolute atomic E-state index is 11.5. The van der Waals surface area contributed by atoms with E-state index in [1.54, 1.807) is 6.07 Å². The van der Waals surface area contributed by atoms with Gasteiger partial charge in [0.25, 0.3) is 0 Å². The van der Waals surface area contributed by atoms with Gasteiger partial charge < -0.3 is 0 Å². The zero-order valence-corrected chi connectivity index (χ0v) is 11.6. The lowest BCUT2D eigenvalue weighted by Gasteiger charge is -2.04. The summed E-state index contributed by atoms with van der Waals surface area (Å²) in [5, 5.41) is 4.70. The Morgan fingerprint density at radius 1 is 1.33 bits per heavy atom. The van der Waals surface area contributed by atoms with E-state index in [9.17, 15) is 4.79 Å². The van der Waals surface area contributed by atoms with Crippen LogP contribution in [-0.2, 0) is 4.79 Å². The van der Waals surface area contributed by atoms with E-state index in [0.29, 0.717) is 17.2 Å². The van der Waals surface area contributed by atoms with Gasteiger partial charge in [0.2, 0.25) is 5.91 Å². The van der Waals surface area contributed by atoms with Crippen LogP contribution in [0, 0.1) is 0 Å². The third-order valence-electron chi connectivity index (χ3n) is 2.62. The molecule has 0 spiro atoms. The van der Waals surface area contributed by atoms with Crippen molar-refractivity contribution in [2.24, 2.45) is 5.10 Å². The quantitative estimate of drug-likeness (QED) is 0.475. The van der Waals surface area contributed by atoms with Crippen LogP contribution in [0.25, 0.3) is 0 Å². The highest BCUT2D eigenvalue weighted by Gasteiger charge is 2.03. The molecule has 0 fully saturated rings. The average Bonchev–Trinajstić information content (AvgIpc) is 2.37. The van der Waals surface area contributed by atoms with Crippen LogP contribution in [0.15, 0.2) is 29.4 Å². The lowest BCUT2D eigenvalue weighted by molar-refractivity contribution is -0.121. The molecule has 0 aliphatic heterocycles. The second kappa shape index (κ2) is 7.88. The van der Waals surface area contributed by atoms with E-state index in [1.165, 1.54) is 0 Å². The zero-order chi connectivity index (χ0) is 13.4. The molecule has 1 aromatic rings. The fourth-order valence-corrected chi connectivity index (χ4v) is 1.82. The minimum atomic E-state index is -0.0464. The molecule has 0 unspecified atom stereocenters. The third-order valence-corrected chi connectivity index (χ3v) is 2.95. The first-order chi connectivity index (χ1) is 8.65. The molecule has 0 radical (unpaired) electrons. The van der Waals surface area contributed by atoms with Gasteiger partial charge in [-0.15, -0.1) is 0 Å². The van der Waals surface area contributed by atoms with Crippen LogP contribution >= 0.6 is 11.6 Å². The molecule has 0 saturated heterocycles. The summed E-state index contributed by atoms with van der Waals surface area (Å²) in [6.45, 7) is 3.94. The Hall–Kier alpha value is -1.35. The third kappa shape index (κ3) is 4.88. The predicted octanol–water partition coefficient (Wildman–Crippen LogP) is 3.76. The second-order valence-electron chi connectivity index (χ2n) is 4.17. The van der Waals surface area contributed by atoms with Crippen LogP contribution in [0.2, 0.25) is 5.02 Å². The van der Waals surface area contributed by atoms with Crippen LogP contribution in [0.4, 0.5) is 0 Å². The molecule has 18 heavy (non-hydrogen) atoms. The molecular formula is C14H19ClN2O. The highest BCUT2D eigenvalue weighted by Crippen LogP contribution is 2.15. The molecule has 0 aromatic heterocycles. The van der Waals surface area contributed by atoms with Gasteiger partial charge in [0.05, 0.1) is 5.71 Å². The predicted molar refractivity (Wildman–Crippen MR) is 75.9 cm³/mol. The van der Waals surface area contributed by atoms with E-state index in [-0.39, 0.29) is 5.91 Å². The van der Waals surface area contributed by atoms with E-state index in [4.69, 9.17) is 11.6 Å². The van der Waals surface area contributed by atoms with Gasteiger partial charge in [-0.05, 0) is 19.4 Å². The Bertz CT molecular complexity index is 430. The Labute approximate surface area is 113 Å². The smallest absolute Gasteiger partial charge is 0.240 e. The number of carbonyl (C=O) groups excluding carboxylic acids is 1. The van der Waals surface area contributed by atoms with Crippen LogP contribution in [0.1, 0.15) is 45.1 Å². The van der Waals surface area contributed by atoms with Crippen molar-refractivity contribution in [2.45, 2.75) is 39.5 Å². The number of hydrogen-bond donors (Lipinski definition) is 1.